The Balaban J connectivity index is 1.69. The molecule has 24 heavy (non-hydrogen) atoms. The standard InChI is InChI=1S/C17H21N5O2/c1-4-20-15(23)13-14(19(3)17(20)24)18-16-21(9-10-22(13)16)12-7-5-11(2)6-8-12/h5-8,13-14H,4,9-10H2,1-3H3. The van der Waals surface area contributed by atoms with Gasteiger partial charge in [-0.05, 0) is 26.0 Å². The second kappa shape index (κ2) is 5.22. The number of fused-ring (bicyclic) bond motifs is 3. The number of aryl methyl sites for hydroxylation is 1. The van der Waals surface area contributed by atoms with Gasteiger partial charge in [0.2, 0.25) is 5.96 Å². The molecule has 4 rings (SSSR count). The first kappa shape index (κ1) is 15.0. The Bertz CT molecular complexity index is 729. The van der Waals surface area contributed by atoms with E-state index < -0.39 is 12.2 Å². The van der Waals surface area contributed by atoms with Crippen molar-refractivity contribution in [1.82, 2.24) is 14.7 Å². The molecule has 1 aromatic rings. The summed E-state index contributed by atoms with van der Waals surface area (Å²) < 4.78 is 0. The predicted octanol–water partition coefficient (Wildman–Crippen LogP) is 1.10. The minimum absolute atomic E-state index is 0.143. The van der Waals surface area contributed by atoms with Gasteiger partial charge in [0.15, 0.2) is 12.2 Å². The lowest BCUT2D eigenvalue weighted by molar-refractivity contribution is -0.137. The van der Waals surface area contributed by atoms with Crippen LogP contribution in [0.2, 0.25) is 0 Å². The van der Waals surface area contributed by atoms with Gasteiger partial charge in [-0.2, -0.15) is 0 Å². The molecular formula is C17H21N5O2. The monoisotopic (exact) mass is 327 g/mol. The van der Waals surface area contributed by atoms with E-state index in [1.807, 2.05) is 11.8 Å². The van der Waals surface area contributed by atoms with Crippen LogP contribution >= 0.6 is 0 Å². The minimum Gasteiger partial charge on any atom is -0.325 e. The summed E-state index contributed by atoms with van der Waals surface area (Å²) in [4.78, 5) is 36.9. The first-order valence-corrected chi connectivity index (χ1v) is 8.29. The van der Waals surface area contributed by atoms with Crippen molar-refractivity contribution in [2.24, 2.45) is 4.99 Å². The average Bonchev–Trinajstić information content (AvgIpc) is 3.13. The lowest BCUT2D eigenvalue weighted by atomic mass is 10.1. The fraction of sp³-hybridized carbons (Fsp3) is 0.471. The van der Waals surface area contributed by atoms with Crippen LogP contribution in [0.5, 0.6) is 0 Å². The highest BCUT2D eigenvalue weighted by Crippen LogP contribution is 2.33. The van der Waals surface area contributed by atoms with Crippen molar-refractivity contribution in [2.45, 2.75) is 26.1 Å². The quantitative estimate of drug-likeness (QED) is 0.816. The highest BCUT2D eigenvalue weighted by atomic mass is 16.2. The van der Waals surface area contributed by atoms with Crippen LogP contribution in [-0.4, -0.2) is 71.5 Å². The smallest absolute Gasteiger partial charge is 0.325 e. The summed E-state index contributed by atoms with van der Waals surface area (Å²) in [5, 5.41) is 0. The number of aliphatic imine (C=N–C) groups is 1. The van der Waals surface area contributed by atoms with Gasteiger partial charge in [0.05, 0.1) is 0 Å². The van der Waals surface area contributed by atoms with E-state index in [9.17, 15) is 9.59 Å². The SMILES string of the molecule is CCN1C(=O)C2C(N=C3N(c4ccc(C)cc4)CCN32)N(C)C1=O. The van der Waals surface area contributed by atoms with Crippen molar-refractivity contribution in [3.63, 3.8) is 0 Å². The van der Waals surface area contributed by atoms with Crippen molar-refractivity contribution >= 4 is 23.6 Å². The fourth-order valence-electron chi connectivity index (χ4n) is 3.70. The van der Waals surface area contributed by atoms with E-state index in [2.05, 4.69) is 36.1 Å². The van der Waals surface area contributed by atoms with Crippen LogP contribution in [0, 0.1) is 6.92 Å². The van der Waals surface area contributed by atoms with Crippen molar-refractivity contribution in [1.29, 1.82) is 0 Å². The molecule has 0 N–H and O–H groups in total. The molecule has 3 amide bonds. The molecule has 0 saturated carbocycles. The number of nitrogens with zero attached hydrogens (tertiary/aromatic N) is 5. The van der Waals surface area contributed by atoms with Crippen LogP contribution in [0.3, 0.4) is 0 Å². The second-order valence-corrected chi connectivity index (χ2v) is 6.44. The van der Waals surface area contributed by atoms with E-state index in [-0.39, 0.29) is 11.9 Å². The molecule has 0 radical (unpaired) electrons. The Morgan fingerprint density at radius 2 is 1.88 bits per heavy atom. The summed E-state index contributed by atoms with van der Waals surface area (Å²) in [6.45, 7) is 5.79. The van der Waals surface area contributed by atoms with Gasteiger partial charge in [-0.3, -0.25) is 9.69 Å². The Morgan fingerprint density at radius 1 is 1.17 bits per heavy atom. The number of hydrogen-bond donors (Lipinski definition) is 0. The first-order chi connectivity index (χ1) is 11.5. The highest BCUT2D eigenvalue weighted by Gasteiger charge is 2.54. The average molecular weight is 327 g/mol. The number of anilines is 1. The van der Waals surface area contributed by atoms with E-state index in [1.54, 1.807) is 11.9 Å². The Labute approximate surface area is 141 Å². The number of guanidine groups is 1. The molecule has 3 aliphatic rings. The zero-order valence-electron chi connectivity index (χ0n) is 14.1. The molecular weight excluding hydrogens is 306 g/mol. The van der Waals surface area contributed by atoms with Crippen molar-refractivity contribution in [2.75, 3.05) is 31.6 Å². The summed E-state index contributed by atoms with van der Waals surface area (Å²) >= 11 is 0. The van der Waals surface area contributed by atoms with Gasteiger partial charge >= 0.3 is 6.03 Å². The lowest BCUT2D eigenvalue weighted by Gasteiger charge is -2.40. The molecule has 3 aliphatic heterocycles. The lowest BCUT2D eigenvalue weighted by Crippen LogP contribution is -2.64. The molecule has 3 heterocycles. The highest BCUT2D eigenvalue weighted by molar-refractivity contribution is 6.07. The Morgan fingerprint density at radius 3 is 2.54 bits per heavy atom. The van der Waals surface area contributed by atoms with Crippen LogP contribution in [0.4, 0.5) is 10.5 Å². The summed E-state index contributed by atoms with van der Waals surface area (Å²) in [5.74, 6) is 0.648. The van der Waals surface area contributed by atoms with Crippen LogP contribution in [-0.2, 0) is 4.79 Å². The number of carbonyl (C=O) groups excluding carboxylic acids is 2. The van der Waals surface area contributed by atoms with Gasteiger partial charge in [-0.15, -0.1) is 0 Å². The minimum atomic E-state index is -0.434. The molecule has 2 unspecified atom stereocenters. The normalized spacial score (nSPS) is 26.0. The number of imide groups is 1. The number of carbonyl (C=O) groups is 2. The zero-order valence-corrected chi connectivity index (χ0v) is 14.1. The molecule has 1 aromatic carbocycles. The van der Waals surface area contributed by atoms with Crippen molar-refractivity contribution in [3.8, 4) is 0 Å². The summed E-state index contributed by atoms with van der Waals surface area (Å²) in [7, 11) is 1.72. The number of benzene rings is 1. The molecule has 7 nitrogen and oxygen atoms in total. The maximum absolute atomic E-state index is 12.8. The number of rotatable bonds is 2. The topological polar surface area (TPSA) is 59.5 Å². The molecule has 126 valence electrons. The maximum atomic E-state index is 12.8. The summed E-state index contributed by atoms with van der Waals surface area (Å²) in [5.41, 5.74) is 2.27. The van der Waals surface area contributed by atoms with Crippen molar-refractivity contribution < 1.29 is 9.59 Å². The molecule has 2 atom stereocenters. The number of amides is 3. The molecule has 7 heteroatoms. The number of urea groups is 1. The third kappa shape index (κ3) is 1.93. The molecule has 0 bridgehead atoms. The Hall–Kier alpha value is -2.57. The van der Waals surface area contributed by atoms with E-state index in [1.165, 1.54) is 10.5 Å². The summed E-state index contributed by atoms with van der Waals surface area (Å²) in [6.07, 6.45) is -0.434. The van der Waals surface area contributed by atoms with Crippen LogP contribution in [0.25, 0.3) is 0 Å². The van der Waals surface area contributed by atoms with E-state index in [0.29, 0.717) is 6.54 Å². The van der Waals surface area contributed by atoms with Gasteiger partial charge in [0.25, 0.3) is 5.91 Å². The van der Waals surface area contributed by atoms with Gasteiger partial charge in [-0.25, -0.2) is 9.79 Å². The zero-order chi connectivity index (χ0) is 17.0. The van der Waals surface area contributed by atoms with Gasteiger partial charge in [0.1, 0.15) is 0 Å². The van der Waals surface area contributed by atoms with E-state index in [0.717, 1.165) is 24.7 Å². The van der Waals surface area contributed by atoms with E-state index in [4.69, 9.17) is 4.99 Å². The van der Waals surface area contributed by atoms with Gasteiger partial charge in [0, 0.05) is 32.4 Å². The molecule has 2 saturated heterocycles. The van der Waals surface area contributed by atoms with Crippen LogP contribution in [0.15, 0.2) is 29.3 Å². The summed E-state index contributed by atoms with van der Waals surface area (Å²) in [6, 6.07) is 7.60. The maximum Gasteiger partial charge on any atom is 0.328 e. The Kier molecular flexibility index (Phi) is 3.26. The third-order valence-electron chi connectivity index (χ3n) is 5.04. The number of hydrogen-bond acceptors (Lipinski definition) is 5. The van der Waals surface area contributed by atoms with Crippen LogP contribution in [0.1, 0.15) is 12.5 Å². The third-order valence-corrected chi connectivity index (χ3v) is 5.04. The molecule has 2 fully saturated rings. The predicted molar refractivity (Wildman–Crippen MR) is 90.8 cm³/mol. The van der Waals surface area contributed by atoms with Crippen LogP contribution < -0.4 is 4.90 Å². The largest absolute Gasteiger partial charge is 0.328 e. The second-order valence-electron chi connectivity index (χ2n) is 6.44. The van der Waals surface area contributed by atoms with Gasteiger partial charge < -0.3 is 14.7 Å². The van der Waals surface area contributed by atoms with Crippen molar-refractivity contribution in [3.05, 3.63) is 29.8 Å². The molecule has 0 aromatic heterocycles. The van der Waals surface area contributed by atoms with E-state index >= 15 is 0 Å². The first-order valence-electron chi connectivity index (χ1n) is 8.29. The fourth-order valence-corrected chi connectivity index (χ4v) is 3.70. The number of likely N-dealkylation sites (N-methyl/N-ethyl adjacent to an activating group) is 2. The van der Waals surface area contributed by atoms with Gasteiger partial charge in [-0.1, -0.05) is 17.7 Å². The molecule has 0 spiro atoms. The molecule has 0 aliphatic carbocycles.